The third-order valence-electron chi connectivity index (χ3n) is 5.73. The minimum atomic E-state index is 0.811. The van der Waals surface area contributed by atoms with Crippen LogP contribution in [-0.4, -0.2) is 14.0 Å². The molecule has 3 aromatic carbocycles. The van der Waals surface area contributed by atoms with Crippen molar-refractivity contribution in [3.63, 3.8) is 0 Å². The lowest BCUT2D eigenvalue weighted by Crippen LogP contribution is -2.01. The van der Waals surface area contributed by atoms with Crippen LogP contribution in [-0.2, 0) is 6.54 Å². The number of nitrogens with zero attached hydrogens (tertiary/aromatic N) is 3. The first kappa shape index (κ1) is 17.5. The molecule has 0 aliphatic carbocycles. The minimum Gasteiger partial charge on any atom is -0.333 e. The van der Waals surface area contributed by atoms with Crippen molar-refractivity contribution in [3.8, 4) is 11.3 Å². The number of benzene rings is 3. The zero-order valence-electron chi connectivity index (χ0n) is 16.2. The molecule has 4 heteroatoms. The topological polar surface area (TPSA) is 22.2 Å². The average molecular weight is 452 g/mol. The van der Waals surface area contributed by atoms with Crippen LogP contribution in [0.2, 0.25) is 0 Å². The number of aromatic nitrogens is 3. The van der Waals surface area contributed by atoms with Crippen LogP contribution in [0.25, 0.3) is 38.7 Å². The molecule has 0 atom stereocenters. The first-order chi connectivity index (χ1) is 14.8. The van der Waals surface area contributed by atoms with Crippen LogP contribution in [0.15, 0.2) is 102 Å². The minimum absolute atomic E-state index is 0.811. The Labute approximate surface area is 182 Å². The zero-order chi connectivity index (χ0) is 20.1. The maximum atomic E-state index is 4.87. The van der Waals surface area contributed by atoms with Gasteiger partial charge in [0, 0.05) is 39.1 Å². The highest BCUT2D eigenvalue weighted by molar-refractivity contribution is 9.10. The van der Waals surface area contributed by atoms with E-state index in [1.54, 1.807) is 0 Å². The predicted octanol–water partition coefficient (Wildman–Crippen LogP) is 6.92. The summed E-state index contributed by atoms with van der Waals surface area (Å²) in [4.78, 5) is 4.87. The molecule has 0 radical (unpaired) electrons. The Kier molecular flexibility index (Phi) is 3.99. The Morgan fingerprint density at radius 1 is 0.767 bits per heavy atom. The molecular weight excluding hydrogens is 434 g/mol. The van der Waals surface area contributed by atoms with Crippen LogP contribution >= 0.6 is 15.9 Å². The summed E-state index contributed by atoms with van der Waals surface area (Å²) in [6.07, 6.45) is 4.11. The third-order valence-corrected chi connectivity index (χ3v) is 6.26. The van der Waals surface area contributed by atoms with Gasteiger partial charge >= 0.3 is 0 Å². The van der Waals surface area contributed by atoms with Crippen molar-refractivity contribution in [1.29, 1.82) is 0 Å². The Bertz CT molecular complexity index is 1510. The van der Waals surface area contributed by atoms with Gasteiger partial charge in [-0.05, 0) is 29.8 Å². The molecule has 0 aliphatic rings. The standard InChI is InChI=1S/C26H18BrN3/c27-20-12-10-19(11-13-20)24-16-28-26-25-22(14-15-29(24)26)21-8-4-5-9-23(21)30(25)17-18-6-2-1-3-7-18/h1-16H,17H2. The summed E-state index contributed by atoms with van der Waals surface area (Å²) in [6.45, 7) is 0.811. The van der Waals surface area contributed by atoms with E-state index in [9.17, 15) is 0 Å². The van der Waals surface area contributed by atoms with Crippen molar-refractivity contribution in [3.05, 3.63) is 107 Å². The smallest absolute Gasteiger partial charge is 0.161 e. The molecule has 6 rings (SSSR count). The fourth-order valence-corrected chi connectivity index (χ4v) is 4.60. The molecule has 6 aromatic rings. The normalized spacial score (nSPS) is 11.6. The van der Waals surface area contributed by atoms with E-state index in [1.807, 2.05) is 6.20 Å². The molecule has 0 spiro atoms. The predicted molar refractivity (Wildman–Crippen MR) is 127 cm³/mol. The summed E-state index contributed by atoms with van der Waals surface area (Å²) in [5.74, 6) is 0. The Morgan fingerprint density at radius 3 is 2.37 bits per heavy atom. The summed E-state index contributed by atoms with van der Waals surface area (Å²) < 4.78 is 5.67. The van der Waals surface area contributed by atoms with E-state index in [0.29, 0.717) is 0 Å². The van der Waals surface area contributed by atoms with Gasteiger partial charge < -0.3 is 4.57 Å². The number of para-hydroxylation sites is 1. The van der Waals surface area contributed by atoms with Crippen LogP contribution in [0, 0.1) is 0 Å². The number of fused-ring (bicyclic) bond motifs is 5. The molecule has 0 N–H and O–H groups in total. The zero-order valence-corrected chi connectivity index (χ0v) is 17.8. The molecule has 0 amide bonds. The maximum absolute atomic E-state index is 4.87. The quantitative estimate of drug-likeness (QED) is 0.286. The lowest BCUT2D eigenvalue weighted by atomic mass is 10.1. The van der Waals surface area contributed by atoms with Crippen LogP contribution < -0.4 is 0 Å². The molecular formula is C26H18BrN3. The molecule has 3 nitrogen and oxygen atoms in total. The van der Waals surface area contributed by atoms with Gasteiger partial charge in [0.05, 0.1) is 17.4 Å². The van der Waals surface area contributed by atoms with E-state index in [1.165, 1.54) is 27.4 Å². The largest absolute Gasteiger partial charge is 0.333 e. The van der Waals surface area contributed by atoms with Crippen molar-refractivity contribution in [2.24, 2.45) is 0 Å². The molecule has 0 aliphatic heterocycles. The van der Waals surface area contributed by atoms with Crippen LogP contribution in [0.5, 0.6) is 0 Å². The van der Waals surface area contributed by atoms with E-state index in [0.717, 1.165) is 27.9 Å². The van der Waals surface area contributed by atoms with Gasteiger partial charge in [0.1, 0.15) is 0 Å². The monoisotopic (exact) mass is 451 g/mol. The second kappa shape index (κ2) is 6.85. The summed E-state index contributed by atoms with van der Waals surface area (Å²) in [5.41, 5.74) is 6.91. The van der Waals surface area contributed by atoms with Crippen molar-refractivity contribution >= 4 is 43.4 Å². The van der Waals surface area contributed by atoms with E-state index in [2.05, 4.69) is 116 Å². The molecule has 3 aromatic heterocycles. The van der Waals surface area contributed by atoms with Gasteiger partial charge in [0.15, 0.2) is 5.65 Å². The Hall–Kier alpha value is -3.37. The fraction of sp³-hybridized carbons (Fsp3) is 0.0385. The first-order valence-electron chi connectivity index (χ1n) is 9.96. The summed E-state index contributed by atoms with van der Waals surface area (Å²) in [7, 11) is 0. The van der Waals surface area contributed by atoms with E-state index < -0.39 is 0 Å². The highest BCUT2D eigenvalue weighted by Crippen LogP contribution is 2.34. The van der Waals surface area contributed by atoms with Gasteiger partial charge in [0.25, 0.3) is 0 Å². The number of hydrogen-bond donors (Lipinski definition) is 0. The maximum Gasteiger partial charge on any atom is 0.161 e. The van der Waals surface area contributed by atoms with Crippen LogP contribution in [0.1, 0.15) is 5.56 Å². The molecule has 0 saturated carbocycles. The van der Waals surface area contributed by atoms with Crippen molar-refractivity contribution in [2.75, 3.05) is 0 Å². The third kappa shape index (κ3) is 2.68. The molecule has 0 bridgehead atoms. The summed E-state index contributed by atoms with van der Waals surface area (Å²) in [5, 5.41) is 2.50. The van der Waals surface area contributed by atoms with Gasteiger partial charge in [-0.25, -0.2) is 4.98 Å². The van der Waals surface area contributed by atoms with Gasteiger partial charge in [-0.3, -0.25) is 4.40 Å². The van der Waals surface area contributed by atoms with Gasteiger partial charge in [-0.15, -0.1) is 0 Å². The molecule has 0 unspecified atom stereocenters. The number of hydrogen-bond acceptors (Lipinski definition) is 1. The molecule has 0 saturated heterocycles. The second-order valence-corrected chi connectivity index (χ2v) is 8.43. The SMILES string of the molecule is Brc1ccc(-c2cnc3c4c(ccn23)c2ccccc2n4Cc2ccccc2)cc1. The van der Waals surface area contributed by atoms with Crippen LogP contribution in [0.4, 0.5) is 0 Å². The lowest BCUT2D eigenvalue weighted by molar-refractivity contribution is 0.868. The second-order valence-electron chi connectivity index (χ2n) is 7.51. The van der Waals surface area contributed by atoms with E-state index >= 15 is 0 Å². The molecule has 144 valence electrons. The number of halogens is 1. The number of pyridine rings is 1. The molecule has 0 fully saturated rings. The first-order valence-corrected chi connectivity index (χ1v) is 10.8. The van der Waals surface area contributed by atoms with Crippen molar-refractivity contribution < 1.29 is 0 Å². The highest BCUT2D eigenvalue weighted by atomic mass is 79.9. The van der Waals surface area contributed by atoms with E-state index in [4.69, 9.17) is 4.98 Å². The lowest BCUT2D eigenvalue weighted by Gasteiger charge is -2.09. The van der Waals surface area contributed by atoms with Gasteiger partial charge in [-0.2, -0.15) is 0 Å². The Morgan fingerprint density at radius 2 is 1.53 bits per heavy atom. The van der Waals surface area contributed by atoms with Crippen molar-refractivity contribution in [1.82, 2.24) is 14.0 Å². The Balaban J connectivity index is 1.66. The average Bonchev–Trinajstić information content (AvgIpc) is 3.35. The molecule has 3 heterocycles. The number of imidazole rings is 1. The fourth-order valence-electron chi connectivity index (χ4n) is 4.34. The molecule has 30 heavy (non-hydrogen) atoms. The van der Waals surface area contributed by atoms with Gasteiger partial charge in [-0.1, -0.05) is 76.6 Å². The number of rotatable bonds is 3. The van der Waals surface area contributed by atoms with E-state index in [-0.39, 0.29) is 0 Å². The highest BCUT2D eigenvalue weighted by Gasteiger charge is 2.16. The van der Waals surface area contributed by atoms with Crippen LogP contribution in [0.3, 0.4) is 0 Å². The summed E-state index contributed by atoms with van der Waals surface area (Å²) >= 11 is 3.53. The van der Waals surface area contributed by atoms with Crippen molar-refractivity contribution in [2.45, 2.75) is 6.54 Å². The van der Waals surface area contributed by atoms with Gasteiger partial charge in [0.2, 0.25) is 0 Å². The summed E-state index contributed by atoms with van der Waals surface area (Å²) in [6, 6.07) is 29.8.